The Kier molecular flexibility index (Phi) is 2.90. The average Bonchev–Trinajstić information content (AvgIpc) is 2.57. The summed E-state index contributed by atoms with van der Waals surface area (Å²) in [5.41, 5.74) is 0.917. The summed E-state index contributed by atoms with van der Waals surface area (Å²) in [5, 5.41) is 8.14. The van der Waals surface area contributed by atoms with Gasteiger partial charge in [-0.25, -0.2) is 18.5 Å². The minimum absolute atomic E-state index is 0.117. The third-order valence-electron chi connectivity index (χ3n) is 2.69. The molecule has 17 heavy (non-hydrogen) atoms. The molecule has 0 bridgehead atoms. The Morgan fingerprint density at radius 3 is 2.29 bits per heavy atom. The first kappa shape index (κ1) is 12.0. The zero-order valence-electron chi connectivity index (χ0n) is 9.61. The highest BCUT2D eigenvalue weighted by Gasteiger charge is 2.34. The minimum Gasteiger partial charge on any atom is -0.280 e. The number of aliphatic imine (C=N–C) groups is 1. The van der Waals surface area contributed by atoms with Gasteiger partial charge in [0.2, 0.25) is 0 Å². The topological polar surface area (TPSA) is 79.0 Å². The minimum atomic E-state index is -3.79. The van der Waals surface area contributed by atoms with E-state index in [1.165, 1.54) is 5.01 Å². The molecule has 6 nitrogen and oxygen atoms in total. The van der Waals surface area contributed by atoms with E-state index in [0.29, 0.717) is 0 Å². The van der Waals surface area contributed by atoms with Crippen LogP contribution in [-0.4, -0.2) is 37.7 Å². The predicted molar refractivity (Wildman–Crippen MR) is 65.3 cm³/mol. The standard InChI is InChI=1S/C10H14N4O2S/c1-13-9(8-6-4-3-5-7-8)12-10(14(13)2)17(11,15)16/h3-7,9H,1-2H3,(H2,11,15,16). The fourth-order valence-electron chi connectivity index (χ4n) is 1.74. The highest BCUT2D eigenvalue weighted by Crippen LogP contribution is 2.28. The van der Waals surface area contributed by atoms with E-state index in [9.17, 15) is 8.42 Å². The number of rotatable bonds is 1. The largest absolute Gasteiger partial charge is 0.280 e. The van der Waals surface area contributed by atoms with E-state index in [0.717, 1.165) is 5.56 Å². The maximum atomic E-state index is 11.3. The zero-order valence-corrected chi connectivity index (χ0v) is 10.4. The van der Waals surface area contributed by atoms with Crippen LogP contribution in [-0.2, 0) is 10.0 Å². The number of primary sulfonamides is 1. The summed E-state index contributed by atoms with van der Waals surface area (Å²) in [7, 11) is -0.411. The van der Waals surface area contributed by atoms with Gasteiger partial charge in [0.1, 0.15) is 6.17 Å². The van der Waals surface area contributed by atoms with Crippen LogP contribution < -0.4 is 5.14 Å². The Hall–Kier alpha value is -1.44. The van der Waals surface area contributed by atoms with Gasteiger partial charge in [0, 0.05) is 14.1 Å². The van der Waals surface area contributed by atoms with E-state index >= 15 is 0 Å². The van der Waals surface area contributed by atoms with Crippen molar-refractivity contribution >= 4 is 15.2 Å². The van der Waals surface area contributed by atoms with E-state index in [2.05, 4.69) is 4.99 Å². The summed E-state index contributed by atoms with van der Waals surface area (Å²) < 4.78 is 22.7. The fraction of sp³-hybridized carbons (Fsp3) is 0.300. The van der Waals surface area contributed by atoms with Crippen LogP contribution >= 0.6 is 0 Å². The van der Waals surface area contributed by atoms with Crippen LogP contribution in [0, 0.1) is 0 Å². The number of hydrogen-bond donors (Lipinski definition) is 1. The van der Waals surface area contributed by atoms with E-state index in [4.69, 9.17) is 5.14 Å². The molecule has 0 saturated carbocycles. The van der Waals surface area contributed by atoms with Crippen molar-refractivity contribution in [2.45, 2.75) is 6.17 Å². The normalized spacial score (nSPS) is 21.7. The quantitative estimate of drug-likeness (QED) is 0.772. The van der Waals surface area contributed by atoms with Crippen molar-refractivity contribution in [2.75, 3.05) is 14.1 Å². The Morgan fingerprint density at radius 2 is 1.82 bits per heavy atom. The summed E-state index contributed by atoms with van der Waals surface area (Å²) >= 11 is 0. The number of hydrogen-bond acceptors (Lipinski definition) is 5. The first-order valence-corrected chi connectivity index (χ1v) is 6.58. The molecule has 1 aromatic rings. The number of sulfonamides is 1. The van der Waals surface area contributed by atoms with E-state index in [1.807, 2.05) is 30.3 Å². The van der Waals surface area contributed by atoms with Gasteiger partial charge in [0.25, 0.3) is 15.2 Å². The fourth-order valence-corrected chi connectivity index (χ4v) is 2.49. The van der Waals surface area contributed by atoms with Gasteiger partial charge in [0.15, 0.2) is 0 Å². The lowest BCUT2D eigenvalue weighted by Gasteiger charge is -2.25. The molecule has 1 aliphatic heterocycles. The molecule has 0 amide bonds. The van der Waals surface area contributed by atoms with E-state index in [1.54, 1.807) is 19.1 Å². The number of amidine groups is 1. The second-order valence-corrected chi connectivity index (χ2v) is 5.29. The summed E-state index contributed by atoms with van der Waals surface area (Å²) in [6.07, 6.45) is -0.352. The SMILES string of the molecule is CN1C(S(N)(=O)=O)=NC(c2ccccc2)N1C. The van der Waals surface area contributed by atoms with Crippen molar-refractivity contribution in [3.63, 3.8) is 0 Å². The second-order valence-electron chi connectivity index (χ2n) is 3.84. The van der Waals surface area contributed by atoms with Gasteiger partial charge in [-0.3, -0.25) is 5.01 Å². The molecule has 1 heterocycles. The van der Waals surface area contributed by atoms with Crippen LogP contribution in [0.3, 0.4) is 0 Å². The third kappa shape index (κ3) is 2.17. The number of benzene rings is 1. The van der Waals surface area contributed by atoms with Gasteiger partial charge < -0.3 is 0 Å². The lowest BCUT2D eigenvalue weighted by molar-refractivity contribution is 0.0846. The first-order valence-electron chi connectivity index (χ1n) is 5.03. The van der Waals surface area contributed by atoms with Gasteiger partial charge in [-0.05, 0) is 5.56 Å². The predicted octanol–water partition coefficient (Wildman–Crippen LogP) is 0.122. The Morgan fingerprint density at radius 1 is 1.24 bits per heavy atom. The lowest BCUT2D eigenvalue weighted by Crippen LogP contribution is -2.41. The molecule has 0 radical (unpaired) electrons. The number of nitrogens with two attached hydrogens (primary N) is 1. The van der Waals surface area contributed by atoms with Gasteiger partial charge in [-0.15, -0.1) is 0 Å². The molecule has 0 aromatic heterocycles. The molecule has 0 aliphatic carbocycles. The van der Waals surface area contributed by atoms with Gasteiger partial charge in [-0.2, -0.15) is 5.01 Å². The molecule has 2 rings (SSSR count). The summed E-state index contributed by atoms with van der Waals surface area (Å²) in [4.78, 5) is 4.15. The van der Waals surface area contributed by atoms with Gasteiger partial charge in [0.05, 0.1) is 0 Å². The summed E-state index contributed by atoms with van der Waals surface area (Å²) in [6, 6.07) is 9.45. The first-order chi connectivity index (χ1) is 7.91. The molecule has 1 atom stereocenters. The van der Waals surface area contributed by atoms with Crippen molar-refractivity contribution in [2.24, 2.45) is 10.1 Å². The lowest BCUT2D eigenvalue weighted by atomic mass is 10.2. The van der Waals surface area contributed by atoms with Crippen molar-refractivity contribution in [1.29, 1.82) is 0 Å². The summed E-state index contributed by atoms with van der Waals surface area (Å²) in [5.74, 6) is 0. The molecular weight excluding hydrogens is 240 g/mol. The van der Waals surface area contributed by atoms with Gasteiger partial charge >= 0.3 is 0 Å². The second kappa shape index (κ2) is 4.10. The molecule has 1 aromatic carbocycles. The molecule has 2 N–H and O–H groups in total. The Balaban J connectivity index is 2.42. The van der Waals surface area contributed by atoms with Crippen molar-refractivity contribution in [3.05, 3.63) is 35.9 Å². The number of hydrazine groups is 1. The highest BCUT2D eigenvalue weighted by atomic mass is 32.2. The highest BCUT2D eigenvalue weighted by molar-refractivity contribution is 8.04. The molecule has 1 unspecified atom stereocenters. The monoisotopic (exact) mass is 254 g/mol. The van der Waals surface area contributed by atoms with Crippen molar-refractivity contribution < 1.29 is 8.42 Å². The van der Waals surface area contributed by atoms with Gasteiger partial charge in [-0.1, -0.05) is 30.3 Å². The maximum Gasteiger partial charge on any atom is 0.272 e. The van der Waals surface area contributed by atoms with Crippen LogP contribution in [0.25, 0.3) is 0 Å². The van der Waals surface area contributed by atoms with E-state index < -0.39 is 10.0 Å². The molecule has 0 saturated heterocycles. The average molecular weight is 254 g/mol. The molecule has 92 valence electrons. The van der Waals surface area contributed by atoms with Crippen LogP contribution in [0.15, 0.2) is 35.3 Å². The summed E-state index contributed by atoms with van der Waals surface area (Å²) in [6.45, 7) is 0. The molecule has 0 spiro atoms. The van der Waals surface area contributed by atoms with Crippen LogP contribution in [0.1, 0.15) is 11.7 Å². The van der Waals surface area contributed by atoms with Crippen LogP contribution in [0.5, 0.6) is 0 Å². The smallest absolute Gasteiger partial charge is 0.272 e. The third-order valence-corrected chi connectivity index (χ3v) is 3.57. The molecular formula is C10H14N4O2S. The van der Waals surface area contributed by atoms with Crippen molar-refractivity contribution in [3.8, 4) is 0 Å². The maximum absolute atomic E-state index is 11.3. The number of nitrogens with zero attached hydrogens (tertiary/aromatic N) is 3. The zero-order chi connectivity index (χ0) is 12.6. The van der Waals surface area contributed by atoms with Crippen molar-refractivity contribution in [1.82, 2.24) is 10.0 Å². The molecule has 7 heteroatoms. The van der Waals surface area contributed by atoms with Crippen LogP contribution in [0.2, 0.25) is 0 Å². The van der Waals surface area contributed by atoms with E-state index in [-0.39, 0.29) is 11.3 Å². The van der Waals surface area contributed by atoms with Crippen LogP contribution in [0.4, 0.5) is 0 Å². The molecule has 0 fully saturated rings. The Bertz CT molecular complexity index is 541. The Labute approximate surface area is 100 Å². The molecule has 1 aliphatic rings.